The van der Waals surface area contributed by atoms with Gasteiger partial charge < -0.3 is 10.1 Å². The molecule has 3 atom stereocenters. The number of piperidine rings is 1. The van der Waals surface area contributed by atoms with Crippen molar-refractivity contribution in [3.63, 3.8) is 0 Å². The molecule has 1 aliphatic heterocycles. The molecular weight excluding hydrogens is 594 g/mol. The maximum Gasteiger partial charge on any atom is 0.309 e. The molecule has 1 N–H and O–H groups in total. The van der Waals surface area contributed by atoms with E-state index < -0.39 is 10.0 Å². The summed E-state index contributed by atoms with van der Waals surface area (Å²) >= 11 is 0. The molecule has 1 saturated heterocycles. The van der Waals surface area contributed by atoms with Gasteiger partial charge in [0, 0.05) is 26.7 Å². The average Bonchev–Trinajstić information content (AvgIpc) is 3.05. The van der Waals surface area contributed by atoms with Crippen molar-refractivity contribution in [1.29, 1.82) is 0 Å². The maximum atomic E-state index is 13.3. The van der Waals surface area contributed by atoms with Gasteiger partial charge >= 0.3 is 5.97 Å². The summed E-state index contributed by atoms with van der Waals surface area (Å²) in [6, 6.07) is 28.6. The molecule has 7 nitrogen and oxygen atoms in total. The number of halogens is 1. The van der Waals surface area contributed by atoms with Crippen molar-refractivity contribution in [2.24, 2.45) is 5.92 Å². The summed E-state index contributed by atoms with van der Waals surface area (Å²) in [6.45, 7) is 5.38. The summed E-state index contributed by atoms with van der Waals surface area (Å²) in [4.78, 5) is 15.8. The summed E-state index contributed by atoms with van der Waals surface area (Å²) in [6.07, 6.45) is 5.75. The molecule has 1 unspecified atom stereocenters. The highest BCUT2D eigenvalue weighted by atomic mass is 35.5. The first-order chi connectivity index (χ1) is 20.9. The molecule has 1 heterocycles. The van der Waals surface area contributed by atoms with Gasteiger partial charge in [-0.25, -0.2) is 12.7 Å². The van der Waals surface area contributed by atoms with Crippen LogP contribution in [0.3, 0.4) is 0 Å². The van der Waals surface area contributed by atoms with E-state index in [2.05, 4.69) is 29.3 Å². The van der Waals surface area contributed by atoms with E-state index in [-0.39, 0.29) is 36.4 Å². The number of rotatable bonds is 16. The number of hydrogen-bond acceptors (Lipinski definition) is 6. The Morgan fingerprint density at radius 1 is 0.977 bits per heavy atom. The Kier molecular flexibility index (Phi) is 14.8. The van der Waals surface area contributed by atoms with Crippen LogP contribution in [0, 0.1) is 5.92 Å². The molecule has 3 aromatic rings. The van der Waals surface area contributed by atoms with Crippen LogP contribution in [0.4, 0.5) is 0 Å². The zero-order valence-corrected chi connectivity index (χ0v) is 27.6. The van der Waals surface area contributed by atoms with Gasteiger partial charge in [-0.15, -0.1) is 12.4 Å². The number of hydrogen-bond donors (Lipinski definition) is 1. The van der Waals surface area contributed by atoms with Crippen molar-refractivity contribution >= 4 is 28.4 Å². The van der Waals surface area contributed by atoms with Crippen LogP contribution in [-0.4, -0.2) is 63.0 Å². The average molecular weight is 642 g/mol. The lowest BCUT2D eigenvalue weighted by Crippen LogP contribution is -2.52. The minimum atomic E-state index is -3.60. The Morgan fingerprint density at radius 3 is 2.27 bits per heavy atom. The minimum absolute atomic E-state index is 0. The van der Waals surface area contributed by atoms with Crippen LogP contribution in [0.25, 0.3) is 0 Å². The number of benzene rings is 3. The zero-order chi connectivity index (χ0) is 30.5. The molecule has 1 aliphatic rings. The molecule has 1 fully saturated rings. The van der Waals surface area contributed by atoms with Crippen molar-refractivity contribution in [3.05, 3.63) is 102 Å². The molecule has 240 valence electrons. The number of carbonyl (C=O) groups is 1. The molecule has 0 radical (unpaired) electrons. The second-order valence-corrected chi connectivity index (χ2v) is 13.6. The first kappa shape index (κ1) is 35.7. The molecular formula is C35H48ClN3O4S. The van der Waals surface area contributed by atoms with E-state index >= 15 is 0 Å². The predicted molar refractivity (Wildman–Crippen MR) is 179 cm³/mol. The fourth-order valence-electron chi connectivity index (χ4n) is 5.79. The Balaban J connectivity index is 0.00000529. The number of likely N-dealkylation sites (N-methyl/N-ethyl adjacent to an activating group) is 1. The van der Waals surface area contributed by atoms with E-state index in [4.69, 9.17) is 4.74 Å². The number of nitrogens with one attached hydrogen (secondary N) is 1. The van der Waals surface area contributed by atoms with Crippen molar-refractivity contribution in [3.8, 4) is 0 Å². The molecule has 0 bridgehead atoms. The van der Waals surface area contributed by atoms with Gasteiger partial charge in [0.25, 0.3) is 0 Å². The van der Waals surface area contributed by atoms with Crippen LogP contribution in [0.5, 0.6) is 0 Å². The lowest BCUT2D eigenvalue weighted by Gasteiger charge is -2.40. The third kappa shape index (κ3) is 10.4. The molecule has 44 heavy (non-hydrogen) atoms. The Bertz CT molecular complexity index is 1350. The number of sulfonamides is 1. The molecule has 0 spiro atoms. The smallest absolute Gasteiger partial charge is 0.309 e. The molecule has 0 aliphatic carbocycles. The largest absolute Gasteiger partial charge is 0.461 e. The number of unbranched alkanes of at least 4 members (excludes halogenated alkanes) is 2. The molecule has 3 aromatic carbocycles. The summed E-state index contributed by atoms with van der Waals surface area (Å²) in [5.74, 6) is -0.242. The van der Waals surface area contributed by atoms with E-state index in [9.17, 15) is 13.2 Å². The first-order valence-electron chi connectivity index (χ1n) is 15.6. The summed E-state index contributed by atoms with van der Waals surface area (Å²) in [5, 5.41) is 3.73. The van der Waals surface area contributed by atoms with Crippen LogP contribution >= 0.6 is 12.4 Å². The normalized spacial score (nSPS) is 18.0. The van der Waals surface area contributed by atoms with Gasteiger partial charge in [0.15, 0.2) is 0 Å². The third-order valence-corrected chi connectivity index (χ3v) is 10.2. The SMILES string of the molecule is CCCCCN[C@@H]1CC(C(=O)OCc2ccccc2)CCN1CC[C@@H](CN(C)S(=O)(=O)c1ccccc1)c1ccccc1.Cl. The van der Waals surface area contributed by atoms with E-state index in [1.165, 1.54) is 10.7 Å². The third-order valence-electron chi connectivity index (χ3n) is 8.40. The molecule has 0 saturated carbocycles. The summed E-state index contributed by atoms with van der Waals surface area (Å²) in [7, 11) is -1.93. The molecule has 0 amide bonds. The monoisotopic (exact) mass is 641 g/mol. The second-order valence-electron chi connectivity index (χ2n) is 11.5. The van der Waals surface area contributed by atoms with Gasteiger partial charge in [-0.1, -0.05) is 98.6 Å². The van der Waals surface area contributed by atoms with Gasteiger partial charge in [0.2, 0.25) is 10.0 Å². The van der Waals surface area contributed by atoms with Gasteiger partial charge in [0.1, 0.15) is 6.61 Å². The van der Waals surface area contributed by atoms with E-state index in [1.54, 1.807) is 31.3 Å². The fourth-order valence-corrected chi connectivity index (χ4v) is 7.03. The summed E-state index contributed by atoms with van der Waals surface area (Å²) < 4.78 is 33.9. The zero-order valence-electron chi connectivity index (χ0n) is 26.0. The van der Waals surface area contributed by atoms with E-state index in [0.29, 0.717) is 24.5 Å². The Morgan fingerprint density at radius 2 is 1.61 bits per heavy atom. The number of likely N-dealkylation sites (tertiary alicyclic amines) is 1. The van der Waals surface area contributed by atoms with Crippen LogP contribution in [-0.2, 0) is 26.2 Å². The Hall–Kier alpha value is -2.75. The minimum Gasteiger partial charge on any atom is -0.461 e. The second kappa shape index (κ2) is 18.3. The van der Waals surface area contributed by atoms with Crippen molar-refractivity contribution < 1.29 is 17.9 Å². The Labute approximate surface area is 270 Å². The number of esters is 1. The van der Waals surface area contributed by atoms with Crippen LogP contribution < -0.4 is 5.32 Å². The highest BCUT2D eigenvalue weighted by molar-refractivity contribution is 7.89. The van der Waals surface area contributed by atoms with E-state index in [0.717, 1.165) is 56.4 Å². The summed E-state index contributed by atoms with van der Waals surface area (Å²) in [5.41, 5.74) is 2.12. The van der Waals surface area contributed by atoms with Gasteiger partial charge in [-0.2, -0.15) is 0 Å². The van der Waals surface area contributed by atoms with Crippen LogP contribution in [0.15, 0.2) is 95.9 Å². The predicted octanol–water partition coefficient (Wildman–Crippen LogP) is 6.46. The maximum absolute atomic E-state index is 13.3. The highest BCUT2D eigenvalue weighted by Gasteiger charge is 2.33. The van der Waals surface area contributed by atoms with Crippen LogP contribution in [0.2, 0.25) is 0 Å². The number of carbonyl (C=O) groups excluding carboxylic acids is 1. The lowest BCUT2D eigenvalue weighted by atomic mass is 9.92. The molecule has 9 heteroatoms. The van der Waals surface area contributed by atoms with Gasteiger partial charge in [-0.05, 0) is 61.4 Å². The quantitative estimate of drug-likeness (QED) is 0.143. The first-order valence-corrected chi connectivity index (χ1v) is 17.1. The van der Waals surface area contributed by atoms with Crippen molar-refractivity contribution in [1.82, 2.24) is 14.5 Å². The van der Waals surface area contributed by atoms with Gasteiger partial charge in [-0.3, -0.25) is 9.69 Å². The molecule has 4 rings (SSSR count). The van der Waals surface area contributed by atoms with Crippen molar-refractivity contribution in [2.45, 2.75) is 69.0 Å². The molecule has 0 aromatic heterocycles. The highest BCUT2D eigenvalue weighted by Crippen LogP contribution is 2.28. The van der Waals surface area contributed by atoms with Crippen LogP contribution in [0.1, 0.15) is 62.5 Å². The standard InChI is InChI=1S/C35H47N3O4S.ClH/c1-3-4-14-23-36-34-26-31(35(39)42-28-29-15-8-5-9-16-29)21-24-38(34)25-22-32(30-17-10-6-11-18-30)27-37(2)43(40,41)33-19-12-7-13-20-33;/h5-13,15-20,31-32,34,36H,3-4,14,21-28H2,1-2H3;1H/t31?,32-,34-;/m0./s1. The van der Waals surface area contributed by atoms with Gasteiger partial charge in [0.05, 0.1) is 17.0 Å². The van der Waals surface area contributed by atoms with E-state index in [1.807, 2.05) is 54.6 Å². The number of nitrogens with zero attached hydrogens (tertiary/aromatic N) is 2. The van der Waals surface area contributed by atoms with Crippen molar-refractivity contribution in [2.75, 3.05) is 33.2 Å². The topological polar surface area (TPSA) is 79.0 Å². The fraction of sp³-hybridized carbons (Fsp3) is 0.457. The lowest BCUT2D eigenvalue weighted by molar-refractivity contribution is -0.152. The number of ether oxygens (including phenoxy) is 1.